The minimum absolute atomic E-state index is 0.0982. The van der Waals surface area contributed by atoms with Crippen molar-refractivity contribution in [3.05, 3.63) is 12.7 Å². The number of hydrogen-bond acceptors (Lipinski definition) is 2. The summed E-state index contributed by atoms with van der Waals surface area (Å²) in [5.74, 6) is -0.266. The molecule has 1 aliphatic carbocycles. The second-order valence-electron chi connectivity index (χ2n) is 4.12. The van der Waals surface area contributed by atoms with Crippen LogP contribution >= 0.6 is 0 Å². The molecule has 2 heteroatoms. The van der Waals surface area contributed by atoms with Crippen molar-refractivity contribution in [2.75, 3.05) is 0 Å². The molecule has 0 unspecified atom stereocenters. The second kappa shape index (κ2) is 5.18. The van der Waals surface area contributed by atoms with Gasteiger partial charge in [-0.1, -0.05) is 32.8 Å². The van der Waals surface area contributed by atoms with Gasteiger partial charge in [0.1, 0.15) is 5.60 Å². The third-order valence-corrected chi connectivity index (χ3v) is 2.78. The van der Waals surface area contributed by atoms with Gasteiger partial charge in [-0.2, -0.15) is 0 Å². The lowest BCUT2D eigenvalue weighted by molar-refractivity contribution is -0.145. The predicted molar refractivity (Wildman–Crippen MR) is 57.0 cm³/mol. The molecule has 0 aromatic rings. The van der Waals surface area contributed by atoms with Crippen molar-refractivity contribution < 1.29 is 9.53 Å². The zero-order chi connectivity index (χ0) is 10.4. The third-order valence-electron chi connectivity index (χ3n) is 2.78. The van der Waals surface area contributed by atoms with Crippen LogP contribution in [0.15, 0.2) is 12.7 Å². The Labute approximate surface area is 86.3 Å². The highest BCUT2D eigenvalue weighted by Crippen LogP contribution is 2.44. The number of rotatable bonds is 7. The van der Waals surface area contributed by atoms with E-state index >= 15 is 0 Å². The minimum Gasteiger partial charge on any atom is -0.456 e. The van der Waals surface area contributed by atoms with Crippen LogP contribution in [0.2, 0.25) is 0 Å². The summed E-state index contributed by atoms with van der Waals surface area (Å²) < 4.78 is 5.32. The molecule has 0 heterocycles. The Kier molecular flexibility index (Phi) is 4.18. The summed E-state index contributed by atoms with van der Waals surface area (Å²) in [6.45, 7) is 5.61. The molecule has 2 nitrogen and oxygen atoms in total. The van der Waals surface area contributed by atoms with Crippen molar-refractivity contribution in [2.24, 2.45) is 0 Å². The number of carbonyl (C=O) groups excluding carboxylic acids is 1. The summed E-state index contributed by atoms with van der Waals surface area (Å²) in [5, 5.41) is 0. The Morgan fingerprint density at radius 2 is 2.14 bits per heavy atom. The lowest BCUT2D eigenvalue weighted by Gasteiger charge is -2.14. The highest BCUT2D eigenvalue weighted by Gasteiger charge is 2.45. The van der Waals surface area contributed by atoms with E-state index < -0.39 is 0 Å². The van der Waals surface area contributed by atoms with Crippen LogP contribution < -0.4 is 0 Å². The molecule has 1 aliphatic rings. The summed E-state index contributed by atoms with van der Waals surface area (Å²) in [6.07, 6.45) is 9.34. The summed E-state index contributed by atoms with van der Waals surface area (Å²) >= 11 is 0. The van der Waals surface area contributed by atoms with Crippen LogP contribution in [-0.4, -0.2) is 11.6 Å². The highest BCUT2D eigenvalue weighted by molar-refractivity contribution is 5.81. The smallest absolute Gasteiger partial charge is 0.330 e. The van der Waals surface area contributed by atoms with Crippen LogP contribution in [0.5, 0.6) is 0 Å². The van der Waals surface area contributed by atoms with Crippen LogP contribution in [0.1, 0.15) is 51.9 Å². The highest BCUT2D eigenvalue weighted by atomic mass is 16.6. The molecular formula is C12H20O2. The van der Waals surface area contributed by atoms with E-state index in [0.29, 0.717) is 0 Å². The van der Waals surface area contributed by atoms with Crippen LogP contribution in [0.4, 0.5) is 0 Å². The lowest BCUT2D eigenvalue weighted by Crippen LogP contribution is -2.17. The van der Waals surface area contributed by atoms with Crippen LogP contribution in [0.25, 0.3) is 0 Å². The van der Waals surface area contributed by atoms with E-state index in [1.807, 2.05) is 0 Å². The Morgan fingerprint density at radius 1 is 1.43 bits per heavy atom. The first kappa shape index (κ1) is 11.3. The topological polar surface area (TPSA) is 26.3 Å². The van der Waals surface area contributed by atoms with E-state index in [4.69, 9.17) is 4.74 Å². The fourth-order valence-electron chi connectivity index (χ4n) is 1.67. The maximum atomic E-state index is 11.0. The summed E-state index contributed by atoms with van der Waals surface area (Å²) in [6, 6.07) is 0. The van der Waals surface area contributed by atoms with Gasteiger partial charge in [0.05, 0.1) is 0 Å². The predicted octanol–water partition coefficient (Wildman–Crippen LogP) is 3.22. The molecule has 0 atom stereocenters. The molecule has 0 aromatic heterocycles. The van der Waals surface area contributed by atoms with Crippen molar-refractivity contribution in [3.8, 4) is 0 Å². The van der Waals surface area contributed by atoms with Crippen molar-refractivity contribution in [1.29, 1.82) is 0 Å². The maximum absolute atomic E-state index is 11.0. The molecule has 14 heavy (non-hydrogen) atoms. The van der Waals surface area contributed by atoms with Gasteiger partial charge in [0.25, 0.3) is 0 Å². The molecule has 0 amide bonds. The van der Waals surface area contributed by atoms with Gasteiger partial charge in [0.2, 0.25) is 0 Å². The average molecular weight is 196 g/mol. The largest absolute Gasteiger partial charge is 0.456 e. The molecule has 1 saturated carbocycles. The quantitative estimate of drug-likeness (QED) is 0.355. The SMILES string of the molecule is C=CC(=O)OC1(CCCCCC)CC1. The minimum atomic E-state index is -0.266. The standard InChI is InChI=1S/C12H20O2/c1-3-5-6-7-8-12(9-10-12)14-11(13)4-2/h4H,2-3,5-10H2,1H3. The Bertz CT molecular complexity index is 204. The number of carbonyl (C=O) groups is 1. The van der Waals surface area contributed by atoms with Gasteiger partial charge < -0.3 is 4.74 Å². The van der Waals surface area contributed by atoms with E-state index in [1.54, 1.807) is 0 Å². The second-order valence-corrected chi connectivity index (χ2v) is 4.12. The zero-order valence-corrected chi connectivity index (χ0v) is 9.05. The number of esters is 1. The van der Waals surface area contributed by atoms with Gasteiger partial charge in [-0.25, -0.2) is 4.79 Å². The van der Waals surface area contributed by atoms with Crippen LogP contribution in [0, 0.1) is 0 Å². The molecule has 1 fully saturated rings. The Hall–Kier alpha value is -0.790. The van der Waals surface area contributed by atoms with E-state index in [1.165, 1.54) is 31.8 Å². The van der Waals surface area contributed by atoms with Crippen LogP contribution in [-0.2, 0) is 9.53 Å². The molecule has 0 saturated heterocycles. The van der Waals surface area contributed by atoms with Crippen molar-refractivity contribution in [2.45, 2.75) is 57.5 Å². The monoisotopic (exact) mass is 196 g/mol. The number of unbranched alkanes of at least 4 members (excludes halogenated alkanes) is 3. The number of ether oxygens (including phenoxy) is 1. The molecule has 0 aliphatic heterocycles. The van der Waals surface area contributed by atoms with Crippen molar-refractivity contribution in [3.63, 3.8) is 0 Å². The average Bonchev–Trinajstić information content (AvgIpc) is 2.93. The molecule has 0 radical (unpaired) electrons. The third kappa shape index (κ3) is 3.52. The van der Waals surface area contributed by atoms with Gasteiger partial charge in [0, 0.05) is 6.08 Å². The maximum Gasteiger partial charge on any atom is 0.330 e. The zero-order valence-electron chi connectivity index (χ0n) is 9.05. The summed E-state index contributed by atoms with van der Waals surface area (Å²) in [5.41, 5.74) is -0.0982. The first-order chi connectivity index (χ1) is 6.72. The fourth-order valence-corrected chi connectivity index (χ4v) is 1.67. The van der Waals surface area contributed by atoms with E-state index in [-0.39, 0.29) is 11.6 Å². The lowest BCUT2D eigenvalue weighted by atomic mass is 10.1. The molecular weight excluding hydrogens is 176 g/mol. The molecule has 1 rings (SSSR count). The molecule has 0 aromatic carbocycles. The molecule has 0 spiro atoms. The van der Waals surface area contributed by atoms with E-state index in [9.17, 15) is 4.79 Å². The normalized spacial score (nSPS) is 17.5. The van der Waals surface area contributed by atoms with E-state index in [2.05, 4.69) is 13.5 Å². The fraction of sp³-hybridized carbons (Fsp3) is 0.750. The van der Waals surface area contributed by atoms with Crippen molar-refractivity contribution >= 4 is 5.97 Å². The van der Waals surface area contributed by atoms with Gasteiger partial charge in [-0.15, -0.1) is 0 Å². The van der Waals surface area contributed by atoms with Gasteiger partial charge in [-0.05, 0) is 25.7 Å². The van der Waals surface area contributed by atoms with Crippen molar-refractivity contribution in [1.82, 2.24) is 0 Å². The van der Waals surface area contributed by atoms with Gasteiger partial charge in [0.15, 0.2) is 0 Å². The summed E-state index contributed by atoms with van der Waals surface area (Å²) in [4.78, 5) is 11.0. The Balaban J connectivity index is 2.15. The summed E-state index contributed by atoms with van der Waals surface area (Å²) in [7, 11) is 0. The first-order valence-electron chi connectivity index (χ1n) is 5.58. The first-order valence-corrected chi connectivity index (χ1v) is 5.58. The van der Waals surface area contributed by atoms with E-state index in [0.717, 1.165) is 19.3 Å². The van der Waals surface area contributed by atoms with Crippen LogP contribution in [0.3, 0.4) is 0 Å². The van der Waals surface area contributed by atoms with Gasteiger partial charge >= 0.3 is 5.97 Å². The molecule has 0 N–H and O–H groups in total. The molecule has 0 bridgehead atoms. The number of hydrogen-bond donors (Lipinski definition) is 0. The Morgan fingerprint density at radius 3 is 2.64 bits per heavy atom. The van der Waals surface area contributed by atoms with Gasteiger partial charge in [-0.3, -0.25) is 0 Å². The molecule has 80 valence electrons.